The van der Waals surface area contributed by atoms with E-state index in [2.05, 4.69) is 0 Å². The van der Waals surface area contributed by atoms with Gasteiger partial charge >= 0.3 is 5.97 Å². The van der Waals surface area contributed by atoms with E-state index >= 15 is 0 Å². The van der Waals surface area contributed by atoms with Crippen LogP contribution in [0.15, 0.2) is 12.1 Å². The highest BCUT2D eigenvalue weighted by atomic mass is 35.5. The zero-order chi connectivity index (χ0) is 13.9. The van der Waals surface area contributed by atoms with Gasteiger partial charge in [-0.15, -0.1) is 11.6 Å². The van der Waals surface area contributed by atoms with Gasteiger partial charge in [0.2, 0.25) is 0 Å². The maximum absolute atomic E-state index is 10.5. The Kier molecular flexibility index (Phi) is 5.01. The number of ether oxygens (including phenoxy) is 1. The number of benzene rings is 1. The van der Waals surface area contributed by atoms with Crippen molar-refractivity contribution in [3.8, 4) is 5.75 Å². The van der Waals surface area contributed by atoms with Gasteiger partial charge in [0.05, 0.1) is 15.0 Å². The van der Waals surface area contributed by atoms with Crippen LogP contribution in [0, 0.1) is 10.1 Å². The summed E-state index contributed by atoms with van der Waals surface area (Å²) in [4.78, 5) is 20.3. The lowest BCUT2D eigenvalue weighted by molar-refractivity contribution is -0.384. The zero-order valence-electron chi connectivity index (χ0n) is 8.60. The molecule has 18 heavy (non-hydrogen) atoms. The number of nitro groups is 1. The lowest BCUT2D eigenvalue weighted by atomic mass is 10.3. The molecule has 0 saturated carbocycles. The molecule has 1 atom stereocenters. The summed E-state index contributed by atoms with van der Waals surface area (Å²) in [5.74, 6) is -1.30. The number of aliphatic carboxylic acids is 1. The molecule has 1 aromatic carbocycles. The molecule has 0 fully saturated rings. The molecule has 0 aliphatic rings. The van der Waals surface area contributed by atoms with Crippen LogP contribution in [0.2, 0.25) is 10.0 Å². The Bertz CT molecular complexity index is 470. The third kappa shape index (κ3) is 3.63. The SMILES string of the molecule is O=C(O)C(Cl)COc1c(Cl)cc([N+](=O)[O-])cc1Cl. The first-order chi connectivity index (χ1) is 8.32. The van der Waals surface area contributed by atoms with Gasteiger partial charge < -0.3 is 9.84 Å². The van der Waals surface area contributed by atoms with Gasteiger partial charge in [-0.2, -0.15) is 0 Å². The first-order valence-electron chi connectivity index (χ1n) is 4.46. The van der Waals surface area contributed by atoms with Gasteiger partial charge in [-0.1, -0.05) is 23.2 Å². The molecule has 0 bridgehead atoms. The number of halogens is 3. The van der Waals surface area contributed by atoms with Crippen LogP contribution in [0.3, 0.4) is 0 Å². The van der Waals surface area contributed by atoms with Gasteiger partial charge in [0.1, 0.15) is 6.61 Å². The summed E-state index contributed by atoms with van der Waals surface area (Å²) in [5, 5.41) is 17.6. The van der Waals surface area contributed by atoms with Crippen LogP contribution in [-0.2, 0) is 4.79 Å². The second kappa shape index (κ2) is 6.08. The molecule has 0 amide bonds. The summed E-state index contributed by atoms with van der Waals surface area (Å²) in [6, 6.07) is 2.10. The number of nitrogens with zero attached hydrogens (tertiary/aromatic N) is 1. The molecule has 1 N–H and O–H groups in total. The van der Waals surface area contributed by atoms with E-state index in [1.165, 1.54) is 0 Å². The number of nitro benzene ring substituents is 1. The fraction of sp³-hybridized carbons (Fsp3) is 0.222. The molecule has 0 spiro atoms. The maximum atomic E-state index is 10.5. The molecule has 0 radical (unpaired) electrons. The molecule has 1 unspecified atom stereocenters. The zero-order valence-corrected chi connectivity index (χ0v) is 10.9. The van der Waals surface area contributed by atoms with Crippen LogP contribution < -0.4 is 4.74 Å². The van der Waals surface area contributed by atoms with E-state index in [9.17, 15) is 14.9 Å². The molecule has 6 nitrogen and oxygen atoms in total. The summed E-state index contributed by atoms with van der Waals surface area (Å²) in [5.41, 5.74) is -0.294. The largest absolute Gasteiger partial charge is 0.488 e. The third-order valence-corrected chi connectivity index (χ3v) is 2.71. The van der Waals surface area contributed by atoms with Crippen molar-refractivity contribution >= 4 is 46.5 Å². The molecule has 0 aromatic heterocycles. The first kappa shape index (κ1) is 14.8. The monoisotopic (exact) mass is 313 g/mol. The molecular formula is C9H6Cl3NO5. The molecule has 98 valence electrons. The highest BCUT2D eigenvalue weighted by molar-refractivity contribution is 6.37. The number of non-ortho nitro benzene ring substituents is 1. The van der Waals surface area contributed by atoms with E-state index in [0.717, 1.165) is 12.1 Å². The van der Waals surface area contributed by atoms with E-state index in [4.69, 9.17) is 44.6 Å². The van der Waals surface area contributed by atoms with Gasteiger partial charge in [0.15, 0.2) is 11.1 Å². The fourth-order valence-corrected chi connectivity index (χ4v) is 1.67. The lowest BCUT2D eigenvalue weighted by Crippen LogP contribution is -2.21. The summed E-state index contributed by atoms with van der Waals surface area (Å²) in [7, 11) is 0. The summed E-state index contributed by atoms with van der Waals surface area (Å²) in [6.45, 7) is -0.367. The Morgan fingerprint density at radius 1 is 1.44 bits per heavy atom. The fourth-order valence-electron chi connectivity index (χ4n) is 1.02. The van der Waals surface area contributed by atoms with Crippen LogP contribution in [0.4, 0.5) is 5.69 Å². The Hall–Kier alpha value is -1.24. The molecular weight excluding hydrogens is 308 g/mol. The van der Waals surface area contributed by atoms with E-state index in [0.29, 0.717) is 0 Å². The molecule has 1 aromatic rings. The molecule has 0 heterocycles. The predicted octanol–water partition coefficient (Wildman–Crippen LogP) is 2.97. The Morgan fingerprint density at radius 3 is 2.33 bits per heavy atom. The second-order valence-electron chi connectivity index (χ2n) is 3.11. The van der Waals surface area contributed by atoms with Crippen molar-refractivity contribution in [2.75, 3.05) is 6.61 Å². The quantitative estimate of drug-likeness (QED) is 0.512. The Balaban J connectivity index is 2.90. The molecule has 1 rings (SSSR count). The molecule has 0 saturated heterocycles. The molecule has 9 heteroatoms. The number of carbonyl (C=O) groups is 1. The minimum absolute atomic E-state index is 0.0455. The van der Waals surface area contributed by atoms with Crippen molar-refractivity contribution in [3.05, 3.63) is 32.3 Å². The number of carboxylic acid groups (broad SMARTS) is 1. The van der Waals surface area contributed by atoms with Crippen LogP contribution in [0.25, 0.3) is 0 Å². The summed E-state index contributed by atoms with van der Waals surface area (Å²) in [6.07, 6.45) is 0. The van der Waals surface area contributed by atoms with Crippen molar-refractivity contribution in [2.24, 2.45) is 0 Å². The van der Waals surface area contributed by atoms with Crippen molar-refractivity contribution < 1.29 is 19.6 Å². The van der Waals surface area contributed by atoms with Gasteiger partial charge in [-0.25, -0.2) is 0 Å². The number of hydrogen-bond acceptors (Lipinski definition) is 4. The number of alkyl halides is 1. The van der Waals surface area contributed by atoms with Crippen LogP contribution >= 0.6 is 34.8 Å². The first-order valence-corrected chi connectivity index (χ1v) is 5.65. The smallest absolute Gasteiger partial charge is 0.325 e. The summed E-state index contributed by atoms with van der Waals surface area (Å²) >= 11 is 16.9. The predicted molar refractivity (Wildman–Crippen MR) is 65.9 cm³/mol. The third-order valence-electron chi connectivity index (χ3n) is 1.84. The van der Waals surface area contributed by atoms with Gasteiger partial charge in [-0.05, 0) is 0 Å². The Morgan fingerprint density at radius 2 is 1.94 bits per heavy atom. The van der Waals surface area contributed by atoms with Crippen molar-refractivity contribution in [1.82, 2.24) is 0 Å². The van der Waals surface area contributed by atoms with Crippen molar-refractivity contribution in [1.29, 1.82) is 0 Å². The number of carboxylic acids is 1. The van der Waals surface area contributed by atoms with E-state index in [1.54, 1.807) is 0 Å². The molecule has 0 aliphatic carbocycles. The number of rotatable bonds is 5. The van der Waals surface area contributed by atoms with E-state index in [1.807, 2.05) is 0 Å². The van der Waals surface area contributed by atoms with Crippen LogP contribution in [-0.4, -0.2) is 28.0 Å². The highest BCUT2D eigenvalue weighted by Gasteiger charge is 2.19. The highest BCUT2D eigenvalue weighted by Crippen LogP contribution is 2.36. The normalized spacial score (nSPS) is 11.9. The minimum atomic E-state index is -1.27. The second-order valence-corrected chi connectivity index (χ2v) is 4.45. The summed E-state index contributed by atoms with van der Waals surface area (Å²) < 4.78 is 5.03. The Labute approximate surface area is 116 Å². The van der Waals surface area contributed by atoms with E-state index < -0.39 is 16.3 Å². The topological polar surface area (TPSA) is 89.7 Å². The lowest BCUT2D eigenvalue weighted by Gasteiger charge is -2.10. The van der Waals surface area contributed by atoms with Crippen LogP contribution in [0.1, 0.15) is 0 Å². The van der Waals surface area contributed by atoms with Crippen molar-refractivity contribution in [3.63, 3.8) is 0 Å². The number of hydrogen-bond donors (Lipinski definition) is 1. The molecule has 0 aliphatic heterocycles. The average molecular weight is 315 g/mol. The standard InChI is InChI=1S/C9H6Cl3NO5/c10-5-1-4(13(16)17)2-6(11)8(5)18-3-7(12)9(14)15/h1-2,7H,3H2,(H,14,15). The van der Waals surface area contributed by atoms with Crippen molar-refractivity contribution in [2.45, 2.75) is 5.38 Å². The minimum Gasteiger partial charge on any atom is -0.488 e. The van der Waals surface area contributed by atoms with Gasteiger partial charge in [0.25, 0.3) is 5.69 Å². The maximum Gasteiger partial charge on any atom is 0.325 e. The van der Waals surface area contributed by atoms with Gasteiger partial charge in [-0.3, -0.25) is 14.9 Å². The van der Waals surface area contributed by atoms with Gasteiger partial charge in [0, 0.05) is 12.1 Å². The van der Waals surface area contributed by atoms with E-state index in [-0.39, 0.29) is 28.1 Å². The average Bonchev–Trinajstić information content (AvgIpc) is 2.26. The van der Waals surface area contributed by atoms with Crippen LogP contribution in [0.5, 0.6) is 5.75 Å².